The zero-order valence-corrected chi connectivity index (χ0v) is 11.7. The number of nitrogen functional groups attached to an aromatic ring is 1. The molecule has 0 saturated heterocycles. The Bertz CT molecular complexity index is 607. The van der Waals surface area contributed by atoms with E-state index in [-0.39, 0.29) is 0 Å². The van der Waals surface area contributed by atoms with E-state index in [1.165, 1.54) is 5.56 Å². The molecule has 2 heterocycles. The van der Waals surface area contributed by atoms with E-state index in [4.69, 9.17) is 10.5 Å². The van der Waals surface area contributed by atoms with E-state index in [1.807, 2.05) is 19.2 Å². The quantitative estimate of drug-likeness (QED) is 0.881. The van der Waals surface area contributed by atoms with Crippen LogP contribution in [0.3, 0.4) is 0 Å². The Kier molecular flexibility index (Phi) is 2.78. The maximum absolute atomic E-state index is 5.91. The highest BCUT2D eigenvalue weighted by Gasteiger charge is 2.16. The van der Waals surface area contributed by atoms with Crippen LogP contribution in [0.4, 0.5) is 5.82 Å². The first-order valence-electron chi connectivity index (χ1n) is 5.91. The molecule has 94 valence electrons. The fourth-order valence-corrected chi connectivity index (χ4v) is 2.77. The topological polar surface area (TPSA) is 53.1 Å². The monoisotopic (exact) mass is 307 g/mol. The Morgan fingerprint density at radius 2 is 2.28 bits per heavy atom. The van der Waals surface area contributed by atoms with Crippen molar-refractivity contribution in [3.8, 4) is 17.0 Å². The molecule has 0 bridgehead atoms. The molecule has 0 unspecified atom stereocenters. The molecule has 18 heavy (non-hydrogen) atoms. The van der Waals surface area contributed by atoms with Crippen LogP contribution in [0, 0.1) is 0 Å². The summed E-state index contributed by atoms with van der Waals surface area (Å²) in [6.45, 7) is 0.812. The molecular weight excluding hydrogens is 294 g/mol. The summed E-state index contributed by atoms with van der Waals surface area (Å²) >= 11 is 3.49. The van der Waals surface area contributed by atoms with Gasteiger partial charge in [0.25, 0.3) is 0 Å². The van der Waals surface area contributed by atoms with Gasteiger partial charge in [-0.1, -0.05) is 0 Å². The van der Waals surface area contributed by atoms with Gasteiger partial charge in [0.05, 0.1) is 11.1 Å². The molecule has 2 N–H and O–H groups in total. The van der Waals surface area contributed by atoms with Crippen molar-refractivity contribution in [1.29, 1.82) is 0 Å². The van der Waals surface area contributed by atoms with Crippen molar-refractivity contribution in [2.45, 2.75) is 12.8 Å². The number of ether oxygens (including phenoxy) is 1. The third-order valence-corrected chi connectivity index (χ3v) is 4.00. The van der Waals surface area contributed by atoms with Crippen molar-refractivity contribution in [2.75, 3.05) is 12.3 Å². The molecule has 0 aliphatic carbocycles. The first kappa shape index (κ1) is 11.6. The molecule has 0 fully saturated rings. The SMILES string of the molecule is Cn1nc(-c2ccc3c(c2)CCCO3)c(Br)c1N. The van der Waals surface area contributed by atoms with Crippen LogP contribution in [0.2, 0.25) is 0 Å². The molecule has 0 radical (unpaired) electrons. The normalized spacial score (nSPS) is 14.1. The second-order valence-electron chi connectivity index (χ2n) is 4.45. The molecule has 3 rings (SSSR count). The molecule has 0 saturated carbocycles. The minimum atomic E-state index is 0.638. The van der Waals surface area contributed by atoms with Gasteiger partial charge < -0.3 is 10.5 Å². The van der Waals surface area contributed by atoms with Crippen LogP contribution in [0.1, 0.15) is 12.0 Å². The Morgan fingerprint density at radius 3 is 3.00 bits per heavy atom. The number of nitrogens with two attached hydrogens (primary N) is 1. The predicted molar refractivity (Wildman–Crippen MR) is 74.6 cm³/mol. The van der Waals surface area contributed by atoms with E-state index in [0.717, 1.165) is 40.9 Å². The van der Waals surface area contributed by atoms with Crippen LogP contribution in [0.5, 0.6) is 5.75 Å². The van der Waals surface area contributed by atoms with Gasteiger partial charge in [-0.25, -0.2) is 0 Å². The lowest BCUT2D eigenvalue weighted by molar-refractivity contribution is 0.288. The van der Waals surface area contributed by atoms with Crippen LogP contribution in [-0.4, -0.2) is 16.4 Å². The van der Waals surface area contributed by atoms with Gasteiger partial charge in [0.2, 0.25) is 0 Å². The van der Waals surface area contributed by atoms with Gasteiger partial charge >= 0.3 is 0 Å². The lowest BCUT2D eigenvalue weighted by atomic mass is 10.0. The Balaban J connectivity index is 2.09. The minimum Gasteiger partial charge on any atom is -0.493 e. The van der Waals surface area contributed by atoms with Crippen molar-refractivity contribution in [3.63, 3.8) is 0 Å². The van der Waals surface area contributed by atoms with Crippen LogP contribution in [-0.2, 0) is 13.5 Å². The summed E-state index contributed by atoms with van der Waals surface area (Å²) in [4.78, 5) is 0. The van der Waals surface area contributed by atoms with Crippen LogP contribution >= 0.6 is 15.9 Å². The van der Waals surface area contributed by atoms with E-state index in [0.29, 0.717) is 5.82 Å². The Hall–Kier alpha value is -1.49. The lowest BCUT2D eigenvalue weighted by Crippen LogP contribution is -2.08. The Labute approximate surface area is 114 Å². The molecule has 0 amide bonds. The summed E-state index contributed by atoms with van der Waals surface area (Å²) in [5.74, 6) is 1.63. The fourth-order valence-electron chi connectivity index (χ4n) is 2.20. The maximum Gasteiger partial charge on any atom is 0.136 e. The number of nitrogens with zero attached hydrogens (tertiary/aromatic N) is 2. The number of hydrogen-bond acceptors (Lipinski definition) is 3. The second kappa shape index (κ2) is 4.31. The number of benzene rings is 1. The lowest BCUT2D eigenvalue weighted by Gasteiger charge is -2.17. The molecule has 0 atom stereocenters. The smallest absolute Gasteiger partial charge is 0.136 e. The molecule has 0 spiro atoms. The van der Waals surface area contributed by atoms with Gasteiger partial charge in [-0.15, -0.1) is 0 Å². The molecule has 1 aliphatic heterocycles. The average molecular weight is 308 g/mol. The van der Waals surface area contributed by atoms with E-state index < -0.39 is 0 Å². The first-order valence-corrected chi connectivity index (χ1v) is 6.70. The number of anilines is 1. The largest absolute Gasteiger partial charge is 0.493 e. The van der Waals surface area contributed by atoms with Gasteiger partial charge in [-0.05, 0) is 52.5 Å². The van der Waals surface area contributed by atoms with Crippen molar-refractivity contribution >= 4 is 21.7 Å². The number of fused-ring (bicyclic) bond motifs is 1. The van der Waals surface area contributed by atoms with Gasteiger partial charge in [-0.3, -0.25) is 4.68 Å². The van der Waals surface area contributed by atoms with Crippen LogP contribution in [0.25, 0.3) is 11.3 Å². The van der Waals surface area contributed by atoms with Crippen LogP contribution in [0.15, 0.2) is 22.7 Å². The number of hydrogen-bond donors (Lipinski definition) is 1. The summed E-state index contributed by atoms with van der Waals surface area (Å²) in [6, 6.07) is 6.18. The highest BCUT2D eigenvalue weighted by molar-refractivity contribution is 9.10. The molecule has 1 aromatic carbocycles. The molecule has 5 heteroatoms. The molecule has 4 nitrogen and oxygen atoms in total. The minimum absolute atomic E-state index is 0.638. The number of rotatable bonds is 1. The molecular formula is C13H14BrN3O. The standard InChI is InChI=1S/C13H14BrN3O/c1-17-13(15)11(14)12(16-17)9-4-5-10-8(7-9)3-2-6-18-10/h4-5,7H,2-3,6,15H2,1H3. The zero-order chi connectivity index (χ0) is 12.7. The Morgan fingerprint density at radius 1 is 1.44 bits per heavy atom. The number of aryl methyl sites for hydroxylation is 2. The molecule has 1 aliphatic rings. The molecule has 1 aromatic heterocycles. The van der Waals surface area contributed by atoms with Gasteiger partial charge in [0, 0.05) is 12.6 Å². The van der Waals surface area contributed by atoms with Crippen molar-refractivity contribution in [1.82, 2.24) is 9.78 Å². The average Bonchev–Trinajstić information content (AvgIpc) is 2.66. The molecule has 2 aromatic rings. The van der Waals surface area contributed by atoms with Crippen molar-refractivity contribution in [2.24, 2.45) is 7.05 Å². The summed E-state index contributed by atoms with van der Waals surface area (Å²) < 4.78 is 8.14. The highest BCUT2D eigenvalue weighted by Crippen LogP contribution is 2.35. The third kappa shape index (κ3) is 1.79. The maximum atomic E-state index is 5.91. The van der Waals surface area contributed by atoms with Gasteiger partial charge in [-0.2, -0.15) is 5.10 Å². The number of halogens is 1. The highest BCUT2D eigenvalue weighted by atomic mass is 79.9. The summed E-state index contributed by atoms with van der Waals surface area (Å²) in [7, 11) is 1.84. The van der Waals surface area contributed by atoms with Crippen LogP contribution < -0.4 is 10.5 Å². The first-order chi connectivity index (χ1) is 8.66. The van der Waals surface area contributed by atoms with E-state index in [9.17, 15) is 0 Å². The number of aromatic nitrogens is 2. The second-order valence-corrected chi connectivity index (χ2v) is 5.24. The fraction of sp³-hybridized carbons (Fsp3) is 0.308. The summed E-state index contributed by atoms with van der Waals surface area (Å²) in [5, 5.41) is 4.43. The van der Waals surface area contributed by atoms with E-state index in [2.05, 4.69) is 27.1 Å². The van der Waals surface area contributed by atoms with Gasteiger partial charge in [0.1, 0.15) is 17.3 Å². The van der Waals surface area contributed by atoms with E-state index in [1.54, 1.807) is 4.68 Å². The zero-order valence-electron chi connectivity index (χ0n) is 10.1. The van der Waals surface area contributed by atoms with E-state index >= 15 is 0 Å². The predicted octanol–water partition coefficient (Wildman–Crippen LogP) is 2.76. The van der Waals surface area contributed by atoms with Gasteiger partial charge in [0.15, 0.2) is 0 Å². The van der Waals surface area contributed by atoms with Crippen molar-refractivity contribution < 1.29 is 4.74 Å². The summed E-state index contributed by atoms with van der Waals surface area (Å²) in [6.07, 6.45) is 2.13. The third-order valence-electron chi connectivity index (χ3n) is 3.21. The summed E-state index contributed by atoms with van der Waals surface area (Å²) in [5.41, 5.74) is 9.10. The van der Waals surface area contributed by atoms with Crippen molar-refractivity contribution in [3.05, 3.63) is 28.2 Å².